The van der Waals surface area contributed by atoms with Crippen LogP contribution in [0.5, 0.6) is 0 Å². The number of H-pyrrole nitrogens is 1. The first-order chi connectivity index (χ1) is 8.49. The molecule has 2 aromatic rings. The third-order valence-corrected chi connectivity index (χ3v) is 2.62. The molecular weight excluding hydrogens is 226 g/mol. The zero-order valence-corrected chi connectivity index (χ0v) is 10.9. The molecule has 0 saturated heterocycles. The van der Waals surface area contributed by atoms with Gasteiger partial charge in [0.15, 0.2) is 5.78 Å². The maximum atomic E-state index is 12.0. The number of nitrogens with one attached hydrogen (secondary N) is 2. The molecule has 94 valence electrons. The Kier molecular flexibility index (Phi) is 3.19. The van der Waals surface area contributed by atoms with Gasteiger partial charge in [0.05, 0.1) is 11.9 Å². The van der Waals surface area contributed by atoms with Crippen molar-refractivity contribution >= 4 is 22.5 Å². The van der Waals surface area contributed by atoms with E-state index in [1.807, 2.05) is 6.07 Å². The Labute approximate surface area is 106 Å². The number of rotatable bonds is 4. The zero-order valence-electron chi connectivity index (χ0n) is 10.9. The lowest BCUT2D eigenvalue weighted by Gasteiger charge is -2.09. The smallest absolute Gasteiger partial charge is 0.190 e. The number of carbonyl (C=O) groups is 1. The van der Waals surface area contributed by atoms with Crippen LogP contribution in [-0.2, 0) is 0 Å². The molecule has 0 radical (unpaired) electrons. The van der Waals surface area contributed by atoms with Crippen LogP contribution in [-0.4, -0.2) is 21.8 Å². The molecule has 0 spiro atoms. The van der Waals surface area contributed by atoms with Crippen LogP contribution >= 0.6 is 0 Å². The molecule has 0 aliphatic rings. The van der Waals surface area contributed by atoms with Crippen LogP contribution < -0.4 is 5.32 Å². The van der Waals surface area contributed by atoms with Gasteiger partial charge in [-0.15, -0.1) is 0 Å². The molecule has 4 nitrogen and oxygen atoms in total. The third kappa shape index (κ3) is 2.27. The number of hydrogen-bond donors (Lipinski definition) is 2. The maximum Gasteiger partial charge on any atom is 0.190 e. The molecule has 0 aromatic carbocycles. The number of nitrogens with zero attached hydrogens (tertiary/aromatic N) is 1. The summed E-state index contributed by atoms with van der Waals surface area (Å²) < 4.78 is 0. The number of carbonyl (C=O) groups excluding carboxylic acids is 1. The van der Waals surface area contributed by atoms with Gasteiger partial charge in [-0.3, -0.25) is 4.79 Å². The predicted octanol–water partition coefficient (Wildman–Crippen LogP) is 3.14. The first-order valence-corrected chi connectivity index (χ1v) is 5.93. The van der Waals surface area contributed by atoms with E-state index in [1.165, 1.54) is 0 Å². The van der Waals surface area contributed by atoms with Crippen molar-refractivity contribution in [1.29, 1.82) is 0 Å². The minimum absolute atomic E-state index is 0.0512. The standard InChI is InChI=1S/C14H17N3O/c1-8(2)13(18)12-7-16-14-11(12)5-10(6-15-14)17-9(3)4/h5-7,9,17H,1H2,2-4H3,(H,15,16). The lowest BCUT2D eigenvalue weighted by molar-refractivity contribution is 0.103. The lowest BCUT2D eigenvalue weighted by atomic mass is 10.1. The first kappa shape index (κ1) is 12.4. The number of allylic oxidation sites excluding steroid dienone is 1. The SMILES string of the molecule is C=C(C)C(=O)c1c[nH]c2ncc(NC(C)C)cc12. The van der Waals surface area contributed by atoms with Crippen molar-refractivity contribution in [2.75, 3.05) is 5.32 Å². The Balaban J connectivity index is 2.49. The molecule has 2 rings (SSSR count). The minimum Gasteiger partial charge on any atom is -0.382 e. The minimum atomic E-state index is -0.0512. The summed E-state index contributed by atoms with van der Waals surface area (Å²) in [6.45, 7) is 9.52. The van der Waals surface area contributed by atoms with Crippen molar-refractivity contribution in [3.63, 3.8) is 0 Å². The van der Waals surface area contributed by atoms with Gasteiger partial charge in [0.2, 0.25) is 0 Å². The maximum absolute atomic E-state index is 12.0. The van der Waals surface area contributed by atoms with Gasteiger partial charge in [0.1, 0.15) is 5.65 Å². The van der Waals surface area contributed by atoms with E-state index in [2.05, 4.69) is 35.7 Å². The van der Waals surface area contributed by atoms with Crippen molar-refractivity contribution in [2.45, 2.75) is 26.8 Å². The summed E-state index contributed by atoms with van der Waals surface area (Å²) in [7, 11) is 0. The second-order valence-corrected chi connectivity index (χ2v) is 4.73. The van der Waals surface area contributed by atoms with Crippen LogP contribution in [0.3, 0.4) is 0 Å². The van der Waals surface area contributed by atoms with Crippen LogP contribution in [0.25, 0.3) is 11.0 Å². The summed E-state index contributed by atoms with van der Waals surface area (Å²) in [6, 6.07) is 2.26. The normalized spacial score (nSPS) is 10.9. The Hall–Kier alpha value is -2.10. The van der Waals surface area contributed by atoms with Gasteiger partial charge in [0.25, 0.3) is 0 Å². The van der Waals surface area contributed by atoms with Crippen molar-refractivity contribution < 1.29 is 4.79 Å². The van der Waals surface area contributed by atoms with E-state index < -0.39 is 0 Å². The van der Waals surface area contributed by atoms with Gasteiger partial charge in [-0.1, -0.05) is 6.58 Å². The number of anilines is 1. The fraction of sp³-hybridized carbons (Fsp3) is 0.286. The molecule has 0 saturated carbocycles. The summed E-state index contributed by atoms with van der Waals surface area (Å²) in [4.78, 5) is 19.3. The molecule has 0 bridgehead atoms. The van der Waals surface area contributed by atoms with E-state index in [-0.39, 0.29) is 5.78 Å². The molecule has 18 heavy (non-hydrogen) atoms. The van der Waals surface area contributed by atoms with E-state index in [0.29, 0.717) is 22.8 Å². The number of Topliss-reactive ketones (excluding diaryl/α,β-unsaturated/α-hetero) is 1. The third-order valence-electron chi connectivity index (χ3n) is 2.62. The molecule has 0 aliphatic heterocycles. The fourth-order valence-electron chi connectivity index (χ4n) is 1.83. The van der Waals surface area contributed by atoms with Crippen LogP contribution in [0, 0.1) is 0 Å². The van der Waals surface area contributed by atoms with Crippen molar-refractivity contribution in [2.24, 2.45) is 0 Å². The van der Waals surface area contributed by atoms with E-state index in [4.69, 9.17) is 0 Å². The van der Waals surface area contributed by atoms with Crippen LogP contribution in [0.4, 0.5) is 5.69 Å². The number of aromatic amines is 1. The topological polar surface area (TPSA) is 57.8 Å². The molecular formula is C14H17N3O. The van der Waals surface area contributed by atoms with E-state index in [9.17, 15) is 4.79 Å². The van der Waals surface area contributed by atoms with Crippen molar-refractivity contribution in [3.8, 4) is 0 Å². The van der Waals surface area contributed by atoms with Crippen molar-refractivity contribution in [3.05, 3.63) is 36.2 Å². The number of ketones is 1. The highest BCUT2D eigenvalue weighted by molar-refractivity contribution is 6.15. The molecule has 0 amide bonds. The summed E-state index contributed by atoms with van der Waals surface area (Å²) in [5.74, 6) is -0.0512. The number of pyridine rings is 1. The highest BCUT2D eigenvalue weighted by atomic mass is 16.1. The molecule has 0 fully saturated rings. The van der Waals surface area contributed by atoms with Gasteiger partial charge in [0, 0.05) is 23.2 Å². The van der Waals surface area contributed by atoms with E-state index in [0.717, 1.165) is 11.1 Å². The number of hydrogen-bond acceptors (Lipinski definition) is 3. The van der Waals surface area contributed by atoms with E-state index >= 15 is 0 Å². The summed E-state index contributed by atoms with van der Waals surface area (Å²) in [5.41, 5.74) is 2.78. The molecule has 4 heteroatoms. The van der Waals surface area contributed by atoms with Crippen LogP contribution in [0.2, 0.25) is 0 Å². The Morgan fingerprint density at radius 1 is 1.50 bits per heavy atom. The van der Waals surface area contributed by atoms with Crippen LogP contribution in [0.15, 0.2) is 30.6 Å². The summed E-state index contributed by atoms with van der Waals surface area (Å²) >= 11 is 0. The average molecular weight is 243 g/mol. The molecule has 2 heterocycles. The second kappa shape index (κ2) is 4.64. The first-order valence-electron chi connectivity index (χ1n) is 5.93. The van der Waals surface area contributed by atoms with Gasteiger partial charge >= 0.3 is 0 Å². The molecule has 2 aromatic heterocycles. The monoisotopic (exact) mass is 243 g/mol. The molecule has 0 atom stereocenters. The van der Waals surface area contributed by atoms with Gasteiger partial charge in [-0.25, -0.2) is 4.98 Å². The Morgan fingerprint density at radius 3 is 2.83 bits per heavy atom. The van der Waals surface area contributed by atoms with Gasteiger partial charge in [-0.2, -0.15) is 0 Å². The quantitative estimate of drug-likeness (QED) is 0.640. The molecule has 0 unspecified atom stereocenters. The molecule has 0 aliphatic carbocycles. The van der Waals surface area contributed by atoms with Gasteiger partial charge in [-0.05, 0) is 32.4 Å². The van der Waals surface area contributed by atoms with E-state index in [1.54, 1.807) is 19.3 Å². The number of fused-ring (bicyclic) bond motifs is 1. The Bertz CT molecular complexity index is 611. The zero-order chi connectivity index (χ0) is 13.3. The van der Waals surface area contributed by atoms with Crippen LogP contribution in [0.1, 0.15) is 31.1 Å². The summed E-state index contributed by atoms with van der Waals surface area (Å²) in [6.07, 6.45) is 3.45. The highest BCUT2D eigenvalue weighted by Gasteiger charge is 2.13. The highest BCUT2D eigenvalue weighted by Crippen LogP contribution is 2.22. The number of aromatic nitrogens is 2. The van der Waals surface area contributed by atoms with Crippen molar-refractivity contribution in [1.82, 2.24) is 9.97 Å². The largest absolute Gasteiger partial charge is 0.382 e. The lowest BCUT2D eigenvalue weighted by Crippen LogP contribution is -2.09. The van der Waals surface area contributed by atoms with Gasteiger partial charge < -0.3 is 10.3 Å². The second-order valence-electron chi connectivity index (χ2n) is 4.73. The molecule has 2 N–H and O–H groups in total. The average Bonchev–Trinajstić information content (AvgIpc) is 2.70. The fourth-order valence-corrected chi connectivity index (χ4v) is 1.83. The Morgan fingerprint density at radius 2 is 2.22 bits per heavy atom. The summed E-state index contributed by atoms with van der Waals surface area (Å²) in [5, 5.41) is 4.10. The predicted molar refractivity (Wildman–Crippen MR) is 74.0 cm³/mol.